The summed E-state index contributed by atoms with van der Waals surface area (Å²) in [7, 11) is -0.285. The number of rotatable bonds is 9. The molecule has 4 aromatic carbocycles. The van der Waals surface area contributed by atoms with Crippen LogP contribution in [0.5, 0.6) is 11.5 Å². The molecule has 0 radical (unpaired) electrons. The molecule has 0 aliphatic carbocycles. The van der Waals surface area contributed by atoms with E-state index < -0.39 is 33.5 Å². The molecule has 44 heavy (non-hydrogen) atoms. The van der Waals surface area contributed by atoms with Gasteiger partial charge in [0.15, 0.2) is 9.84 Å². The fraction of sp³-hybridized carbons (Fsp3) is 0.188. The van der Waals surface area contributed by atoms with Gasteiger partial charge in [-0.15, -0.1) is 0 Å². The Morgan fingerprint density at radius 2 is 1.07 bits per heavy atom. The first-order valence-corrected chi connectivity index (χ1v) is 14.8. The van der Waals surface area contributed by atoms with E-state index in [0.29, 0.717) is 33.8 Å². The number of hydrogen-bond acceptors (Lipinski definition) is 6. The highest BCUT2D eigenvalue weighted by molar-refractivity contribution is 7.90. The maximum atomic E-state index is 12.6. The Morgan fingerprint density at radius 1 is 0.682 bits per heavy atom. The van der Waals surface area contributed by atoms with Crippen LogP contribution in [0, 0.1) is 0 Å². The number of carboxylic acids is 2. The van der Waals surface area contributed by atoms with Crippen LogP contribution in [-0.2, 0) is 38.4 Å². The number of aliphatic carboxylic acids is 2. The van der Waals surface area contributed by atoms with E-state index >= 15 is 0 Å². The van der Waals surface area contributed by atoms with E-state index in [-0.39, 0.29) is 17.7 Å². The number of ether oxygens (including phenoxy) is 2. The Kier molecular flexibility index (Phi) is 10.8. The number of hydrogen-bond donors (Lipinski definition) is 2. The fourth-order valence-corrected chi connectivity index (χ4v) is 4.93. The number of halogens is 3. The Labute approximate surface area is 252 Å². The lowest BCUT2D eigenvalue weighted by Crippen LogP contribution is -2.05. The molecule has 12 heteroatoms. The molecule has 232 valence electrons. The minimum Gasteiger partial charge on any atom is -0.497 e. The van der Waals surface area contributed by atoms with Crippen LogP contribution in [0.3, 0.4) is 0 Å². The lowest BCUT2D eigenvalue weighted by molar-refractivity contribution is -0.138. The smallest absolute Gasteiger partial charge is 0.416 e. The van der Waals surface area contributed by atoms with Crippen molar-refractivity contribution in [2.24, 2.45) is 0 Å². The molecule has 2 N–H and O–H groups in total. The molecular formula is C32H29F3O8S. The number of benzene rings is 4. The molecule has 0 heterocycles. The fourth-order valence-electron chi connectivity index (χ4n) is 4.30. The Balaban J connectivity index is 0.000000240. The van der Waals surface area contributed by atoms with Crippen LogP contribution in [0.4, 0.5) is 13.2 Å². The Morgan fingerprint density at radius 3 is 1.39 bits per heavy atom. The average molecular weight is 631 g/mol. The third kappa shape index (κ3) is 9.08. The summed E-state index contributed by atoms with van der Waals surface area (Å²) < 4.78 is 70.9. The van der Waals surface area contributed by atoms with Crippen LogP contribution in [0.1, 0.15) is 16.7 Å². The van der Waals surface area contributed by atoms with Crippen molar-refractivity contribution in [2.45, 2.75) is 23.9 Å². The molecule has 0 bridgehead atoms. The second-order valence-corrected chi connectivity index (χ2v) is 11.6. The zero-order chi connectivity index (χ0) is 32.7. The van der Waals surface area contributed by atoms with Crippen LogP contribution < -0.4 is 9.47 Å². The summed E-state index contributed by atoms with van der Waals surface area (Å²) >= 11 is 0. The minimum absolute atomic E-state index is 0.139. The van der Waals surface area contributed by atoms with E-state index in [1.807, 2.05) is 0 Å². The van der Waals surface area contributed by atoms with Crippen molar-refractivity contribution in [3.05, 3.63) is 102 Å². The van der Waals surface area contributed by atoms with Gasteiger partial charge in [-0.25, -0.2) is 8.42 Å². The molecule has 0 fully saturated rings. The highest BCUT2D eigenvalue weighted by atomic mass is 32.2. The van der Waals surface area contributed by atoms with Crippen molar-refractivity contribution < 1.29 is 50.9 Å². The number of methoxy groups -OCH3 is 2. The molecule has 0 amide bonds. The third-order valence-electron chi connectivity index (χ3n) is 6.42. The third-order valence-corrected chi connectivity index (χ3v) is 7.55. The molecule has 0 aromatic heterocycles. The second-order valence-electron chi connectivity index (χ2n) is 9.56. The summed E-state index contributed by atoms with van der Waals surface area (Å²) in [6, 6.07) is 21.0. The lowest BCUT2D eigenvalue weighted by atomic mass is 9.96. The zero-order valence-electron chi connectivity index (χ0n) is 23.9. The second kappa shape index (κ2) is 14.1. The first-order valence-electron chi connectivity index (χ1n) is 12.9. The molecule has 0 saturated heterocycles. The predicted octanol–water partition coefficient (Wildman–Crippen LogP) is 6.40. The average Bonchev–Trinajstić information content (AvgIpc) is 2.96. The minimum atomic E-state index is -4.40. The molecule has 0 atom stereocenters. The van der Waals surface area contributed by atoms with E-state index in [2.05, 4.69) is 0 Å². The van der Waals surface area contributed by atoms with Crippen molar-refractivity contribution in [1.29, 1.82) is 0 Å². The van der Waals surface area contributed by atoms with E-state index in [0.717, 1.165) is 29.5 Å². The van der Waals surface area contributed by atoms with Crippen molar-refractivity contribution in [3.63, 3.8) is 0 Å². The lowest BCUT2D eigenvalue weighted by Gasteiger charge is -2.12. The SMILES string of the molecule is COc1ccc(-c2ccc(C(F)(F)F)cc2)c(CC(=O)O)c1.COc1ccc(-c2ccc(S(C)(=O)=O)cc2)c(CC(=O)O)c1. The summed E-state index contributed by atoms with van der Waals surface area (Å²) in [6.07, 6.45) is -3.64. The van der Waals surface area contributed by atoms with Gasteiger partial charge in [-0.05, 0) is 81.9 Å². The Hall–Kier alpha value is -4.84. The first kappa shape index (κ1) is 33.7. The van der Waals surface area contributed by atoms with E-state index in [9.17, 15) is 31.2 Å². The molecule has 4 aromatic rings. The summed E-state index contributed by atoms with van der Waals surface area (Å²) in [4.78, 5) is 22.2. The highest BCUT2D eigenvalue weighted by Gasteiger charge is 2.30. The van der Waals surface area contributed by atoms with Gasteiger partial charge in [-0.1, -0.05) is 36.4 Å². The van der Waals surface area contributed by atoms with Gasteiger partial charge in [-0.2, -0.15) is 13.2 Å². The van der Waals surface area contributed by atoms with E-state index in [1.54, 1.807) is 48.5 Å². The van der Waals surface area contributed by atoms with Crippen LogP contribution in [0.2, 0.25) is 0 Å². The van der Waals surface area contributed by atoms with Crippen LogP contribution in [0.25, 0.3) is 22.3 Å². The number of carboxylic acid groups (broad SMARTS) is 2. The normalized spacial score (nSPS) is 11.2. The Bertz CT molecular complexity index is 1730. The maximum Gasteiger partial charge on any atom is 0.416 e. The highest BCUT2D eigenvalue weighted by Crippen LogP contribution is 2.33. The van der Waals surface area contributed by atoms with Gasteiger partial charge in [0.25, 0.3) is 0 Å². The van der Waals surface area contributed by atoms with Gasteiger partial charge in [0, 0.05) is 6.26 Å². The maximum absolute atomic E-state index is 12.6. The molecule has 0 spiro atoms. The van der Waals surface area contributed by atoms with Gasteiger partial charge >= 0.3 is 18.1 Å². The monoisotopic (exact) mass is 630 g/mol. The summed E-state index contributed by atoms with van der Waals surface area (Å²) in [5.41, 5.74) is 2.92. The molecule has 0 aliphatic rings. The largest absolute Gasteiger partial charge is 0.497 e. The summed E-state index contributed by atoms with van der Waals surface area (Å²) in [5.74, 6) is -0.900. The van der Waals surface area contributed by atoms with E-state index in [4.69, 9.17) is 19.7 Å². The van der Waals surface area contributed by atoms with Crippen molar-refractivity contribution in [2.75, 3.05) is 20.5 Å². The quantitative estimate of drug-likeness (QED) is 0.218. The van der Waals surface area contributed by atoms with Crippen LogP contribution >= 0.6 is 0 Å². The molecule has 4 rings (SSSR count). The predicted molar refractivity (Wildman–Crippen MR) is 158 cm³/mol. The van der Waals surface area contributed by atoms with Gasteiger partial charge in [0.1, 0.15) is 11.5 Å². The molecule has 8 nitrogen and oxygen atoms in total. The molecule has 0 unspecified atom stereocenters. The van der Waals surface area contributed by atoms with Gasteiger partial charge in [0.2, 0.25) is 0 Å². The topological polar surface area (TPSA) is 127 Å². The molecule has 0 aliphatic heterocycles. The first-order chi connectivity index (χ1) is 20.6. The molecule has 0 saturated carbocycles. The summed E-state index contributed by atoms with van der Waals surface area (Å²) in [6.45, 7) is 0. The number of sulfone groups is 1. The van der Waals surface area contributed by atoms with Crippen molar-refractivity contribution >= 4 is 21.8 Å². The number of alkyl halides is 3. The van der Waals surface area contributed by atoms with Crippen molar-refractivity contribution in [3.8, 4) is 33.8 Å². The van der Waals surface area contributed by atoms with Crippen molar-refractivity contribution in [1.82, 2.24) is 0 Å². The summed E-state index contributed by atoms with van der Waals surface area (Å²) in [5, 5.41) is 18.0. The number of carbonyl (C=O) groups is 2. The van der Waals surface area contributed by atoms with Gasteiger partial charge in [-0.3, -0.25) is 9.59 Å². The van der Waals surface area contributed by atoms with Crippen LogP contribution in [0.15, 0.2) is 89.8 Å². The molecular weight excluding hydrogens is 601 g/mol. The van der Waals surface area contributed by atoms with E-state index in [1.165, 1.54) is 38.5 Å². The van der Waals surface area contributed by atoms with Crippen LogP contribution in [-0.4, -0.2) is 51.0 Å². The standard InChI is InChI=1S/C16H13F3O3.C16H16O5S/c1-22-13-6-7-14(11(8-13)9-15(20)21)10-2-4-12(5-3-10)16(17,18)19;1-21-13-5-8-15(12(9-13)10-16(17)18)11-3-6-14(7-4-11)22(2,19)20/h2-8H,9H2,1H3,(H,20,21);3-9H,10H2,1-2H3,(H,17,18). The van der Waals surface area contributed by atoms with Gasteiger partial charge < -0.3 is 19.7 Å². The van der Waals surface area contributed by atoms with Gasteiger partial charge in [0.05, 0.1) is 37.5 Å². The zero-order valence-corrected chi connectivity index (χ0v) is 24.7.